The number of likely N-dealkylation sites (tertiary alicyclic amines) is 1. The second-order valence-electron chi connectivity index (χ2n) is 6.96. The SMILES string of the molecule is C#C.CC1(C)COC[C@H](C(=O)N2CCCC2c2cccc(Br)c2)O1.COC=O. The van der Waals surface area contributed by atoms with E-state index in [1.165, 1.54) is 12.7 Å². The maximum absolute atomic E-state index is 12.9. The van der Waals surface area contributed by atoms with E-state index in [9.17, 15) is 4.79 Å². The number of amides is 1. The van der Waals surface area contributed by atoms with E-state index in [0.717, 1.165) is 23.9 Å². The molecule has 0 bridgehead atoms. The first-order valence-electron chi connectivity index (χ1n) is 8.99. The summed E-state index contributed by atoms with van der Waals surface area (Å²) in [5.74, 6) is 0.0512. The Morgan fingerprint density at radius 3 is 2.64 bits per heavy atom. The fourth-order valence-corrected chi connectivity index (χ4v) is 3.68. The Balaban J connectivity index is 0.000000583. The van der Waals surface area contributed by atoms with Gasteiger partial charge in [0.1, 0.15) is 0 Å². The van der Waals surface area contributed by atoms with Crippen molar-refractivity contribution >= 4 is 28.3 Å². The maximum atomic E-state index is 12.9. The summed E-state index contributed by atoms with van der Waals surface area (Å²) in [7, 11) is 1.31. The van der Waals surface area contributed by atoms with Crippen LogP contribution in [0.3, 0.4) is 0 Å². The first-order valence-corrected chi connectivity index (χ1v) is 9.78. The maximum Gasteiger partial charge on any atom is 0.292 e. The lowest BCUT2D eigenvalue weighted by Gasteiger charge is -2.37. The first-order chi connectivity index (χ1) is 13.4. The molecule has 1 aromatic rings. The van der Waals surface area contributed by atoms with Crippen molar-refractivity contribution in [1.82, 2.24) is 4.90 Å². The number of terminal acetylenes is 1. The van der Waals surface area contributed by atoms with E-state index < -0.39 is 11.7 Å². The molecule has 0 aliphatic carbocycles. The van der Waals surface area contributed by atoms with E-state index in [1.54, 1.807) is 0 Å². The molecule has 7 heteroatoms. The molecular weight excluding hydrogens is 426 g/mol. The highest BCUT2D eigenvalue weighted by molar-refractivity contribution is 9.10. The van der Waals surface area contributed by atoms with Gasteiger partial charge < -0.3 is 19.1 Å². The number of rotatable bonds is 3. The summed E-state index contributed by atoms with van der Waals surface area (Å²) < 4.78 is 16.4. The molecule has 1 amide bonds. The number of hydrogen-bond acceptors (Lipinski definition) is 5. The van der Waals surface area contributed by atoms with E-state index in [4.69, 9.17) is 14.3 Å². The van der Waals surface area contributed by atoms with Crippen molar-refractivity contribution in [2.75, 3.05) is 26.9 Å². The van der Waals surface area contributed by atoms with Crippen LogP contribution in [0, 0.1) is 12.8 Å². The summed E-state index contributed by atoms with van der Waals surface area (Å²) in [5, 5.41) is 0. The molecular formula is C21H28BrNO5. The lowest BCUT2D eigenvalue weighted by Crippen LogP contribution is -2.51. The molecule has 28 heavy (non-hydrogen) atoms. The second kappa shape index (κ2) is 11.8. The molecule has 2 aliphatic rings. The topological polar surface area (TPSA) is 65.1 Å². The molecule has 3 rings (SSSR count). The van der Waals surface area contributed by atoms with Crippen LogP contribution in [0.1, 0.15) is 38.3 Å². The monoisotopic (exact) mass is 453 g/mol. The number of nitrogens with zero attached hydrogens (tertiary/aromatic N) is 1. The number of carbonyl (C=O) groups is 2. The third kappa shape index (κ3) is 6.93. The lowest BCUT2D eigenvalue weighted by molar-refractivity contribution is -0.196. The average Bonchev–Trinajstić information content (AvgIpc) is 3.18. The molecule has 2 atom stereocenters. The van der Waals surface area contributed by atoms with E-state index in [1.807, 2.05) is 30.9 Å². The quantitative estimate of drug-likeness (QED) is 0.518. The molecule has 0 N–H and O–H groups in total. The van der Waals surface area contributed by atoms with E-state index in [0.29, 0.717) is 19.7 Å². The first kappa shape index (κ1) is 24.2. The fraction of sp³-hybridized carbons (Fsp3) is 0.524. The van der Waals surface area contributed by atoms with Gasteiger partial charge >= 0.3 is 0 Å². The van der Waals surface area contributed by atoms with Crippen LogP contribution in [0.25, 0.3) is 0 Å². The van der Waals surface area contributed by atoms with Gasteiger partial charge in [0, 0.05) is 11.0 Å². The Labute approximate surface area is 175 Å². The van der Waals surface area contributed by atoms with Crippen molar-refractivity contribution in [2.24, 2.45) is 0 Å². The molecule has 0 aromatic heterocycles. The summed E-state index contributed by atoms with van der Waals surface area (Å²) >= 11 is 3.51. The summed E-state index contributed by atoms with van der Waals surface area (Å²) in [6.45, 7) is 5.97. The van der Waals surface area contributed by atoms with Gasteiger partial charge in [-0.15, -0.1) is 12.8 Å². The number of methoxy groups -OCH3 is 1. The lowest BCUT2D eigenvalue weighted by atomic mass is 10.0. The molecule has 0 spiro atoms. The van der Waals surface area contributed by atoms with Crippen molar-refractivity contribution in [2.45, 2.75) is 44.4 Å². The predicted octanol–water partition coefficient (Wildman–Crippen LogP) is 3.35. The smallest absolute Gasteiger partial charge is 0.292 e. The van der Waals surface area contributed by atoms with Crippen LogP contribution in [-0.4, -0.2) is 55.9 Å². The van der Waals surface area contributed by atoms with Crippen LogP contribution in [0.4, 0.5) is 0 Å². The zero-order valence-electron chi connectivity index (χ0n) is 16.6. The Hall–Kier alpha value is -1.88. The van der Waals surface area contributed by atoms with Crippen molar-refractivity contribution in [1.29, 1.82) is 0 Å². The minimum atomic E-state index is -0.489. The summed E-state index contributed by atoms with van der Waals surface area (Å²) in [6.07, 6.45) is 9.54. The Kier molecular flexibility index (Phi) is 10.2. The molecule has 154 valence electrons. The van der Waals surface area contributed by atoms with E-state index in [-0.39, 0.29) is 11.9 Å². The van der Waals surface area contributed by atoms with Crippen LogP contribution < -0.4 is 0 Å². The predicted molar refractivity (Wildman–Crippen MR) is 111 cm³/mol. The molecule has 2 aliphatic heterocycles. The van der Waals surface area contributed by atoms with Gasteiger partial charge in [-0.3, -0.25) is 9.59 Å². The van der Waals surface area contributed by atoms with Gasteiger partial charge in [-0.05, 0) is 44.4 Å². The largest absolute Gasteiger partial charge is 0.471 e. The van der Waals surface area contributed by atoms with Crippen LogP contribution in [0.5, 0.6) is 0 Å². The van der Waals surface area contributed by atoms with Gasteiger partial charge in [-0.1, -0.05) is 28.1 Å². The summed E-state index contributed by atoms with van der Waals surface area (Å²) in [5.41, 5.74) is 0.778. The average molecular weight is 454 g/mol. The molecule has 2 fully saturated rings. The summed E-state index contributed by atoms with van der Waals surface area (Å²) in [6, 6.07) is 8.34. The van der Waals surface area contributed by atoms with Crippen LogP contribution in [-0.2, 0) is 23.8 Å². The van der Waals surface area contributed by atoms with Crippen molar-refractivity contribution in [3.8, 4) is 12.8 Å². The highest BCUT2D eigenvalue weighted by atomic mass is 79.9. The number of halogens is 1. The van der Waals surface area contributed by atoms with E-state index in [2.05, 4.69) is 45.6 Å². The molecule has 0 saturated carbocycles. The standard InChI is InChI=1S/C17H22BrNO3.C2H4O2.C2H2/c1-17(2)11-21-10-15(22-17)16(20)19-8-4-7-14(19)12-5-3-6-13(18)9-12;1-4-2-3;1-2/h3,5-6,9,14-15H,4,7-8,10-11H2,1-2H3;2H,1H3;1-2H/t14?,15-;;/m1../s1. The van der Waals surface area contributed by atoms with Gasteiger partial charge in [0.25, 0.3) is 12.4 Å². The Bertz CT molecular complexity index is 661. The van der Waals surface area contributed by atoms with Gasteiger partial charge in [0.2, 0.25) is 0 Å². The van der Waals surface area contributed by atoms with Crippen LogP contribution in [0.2, 0.25) is 0 Å². The molecule has 2 saturated heterocycles. The zero-order valence-corrected chi connectivity index (χ0v) is 18.2. The minimum absolute atomic E-state index is 0.0512. The van der Waals surface area contributed by atoms with Gasteiger partial charge in [-0.2, -0.15) is 0 Å². The minimum Gasteiger partial charge on any atom is -0.471 e. The van der Waals surface area contributed by atoms with Gasteiger partial charge in [0.15, 0.2) is 6.10 Å². The van der Waals surface area contributed by atoms with Crippen LogP contribution >= 0.6 is 15.9 Å². The molecule has 0 radical (unpaired) electrons. The van der Waals surface area contributed by atoms with E-state index >= 15 is 0 Å². The van der Waals surface area contributed by atoms with Gasteiger partial charge in [-0.25, -0.2) is 0 Å². The second-order valence-corrected chi connectivity index (χ2v) is 7.87. The van der Waals surface area contributed by atoms with Crippen molar-refractivity contribution < 1.29 is 23.8 Å². The molecule has 6 nitrogen and oxygen atoms in total. The number of hydrogen-bond donors (Lipinski definition) is 0. The number of ether oxygens (including phenoxy) is 3. The fourth-order valence-electron chi connectivity index (χ4n) is 3.26. The van der Waals surface area contributed by atoms with Gasteiger partial charge in [0.05, 0.1) is 32.0 Å². The third-order valence-electron chi connectivity index (χ3n) is 4.32. The third-order valence-corrected chi connectivity index (χ3v) is 4.81. The molecule has 1 aromatic carbocycles. The highest BCUT2D eigenvalue weighted by Crippen LogP contribution is 2.34. The number of benzene rings is 1. The number of carbonyl (C=O) groups excluding carboxylic acids is 2. The molecule has 2 heterocycles. The van der Waals surface area contributed by atoms with Crippen molar-refractivity contribution in [3.05, 3.63) is 34.3 Å². The van der Waals surface area contributed by atoms with Crippen LogP contribution in [0.15, 0.2) is 28.7 Å². The highest BCUT2D eigenvalue weighted by Gasteiger charge is 2.39. The summed E-state index contributed by atoms with van der Waals surface area (Å²) in [4.78, 5) is 23.8. The van der Waals surface area contributed by atoms with Crippen molar-refractivity contribution in [3.63, 3.8) is 0 Å². The normalized spacial score (nSPS) is 22.7. The Morgan fingerprint density at radius 1 is 1.39 bits per heavy atom. The zero-order chi connectivity index (χ0) is 21.2. The molecule has 1 unspecified atom stereocenters. The Morgan fingerprint density at radius 2 is 2.07 bits per heavy atom.